The van der Waals surface area contributed by atoms with Gasteiger partial charge in [0.2, 0.25) is 0 Å². The van der Waals surface area contributed by atoms with Crippen LogP contribution in [0, 0.1) is 6.92 Å². The Morgan fingerprint density at radius 3 is 2.36 bits per heavy atom. The predicted octanol–water partition coefficient (Wildman–Crippen LogP) is 4.83. The number of hydrogen-bond acceptors (Lipinski definition) is 0. The third-order valence-electron chi connectivity index (χ3n) is 2.03. The van der Waals surface area contributed by atoms with E-state index in [4.69, 9.17) is 11.6 Å². The van der Waals surface area contributed by atoms with E-state index in [0.29, 0.717) is 0 Å². The Kier molecular flexibility index (Phi) is 3.97. The second-order valence-corrected chi connectivity index (χ2v) is 3.38. The third kappa shape index (κ3) is 2.27. The first-order valence-corrected chi connectivity index (χ1v) is 5.30. The molecule has 0 fully saturated rings. The minimum absolute atomic E-state index is 0.811. The summed E-state index contributed by atoms with van der Waals surface area (Å²) in [5.74, 6) is 0. The lowest BCUT2D eigenvalue weighted by Crippen LogP contribution is -1.77. The van der Waals surface area contributed by atoms with Gasteiger partial charge in [-0.25, -0.2) is 0 Å². The van der Waals surface area contributed by atoms with Crippen LogP contribution in [0.3, 0.4) is 0 Å². The molecule has 0 amide bonds. The van der Waals surface area contributed by atoms with Gasteiger partial charge in [-0.2, -0.15) is 0 Å². The number of hydrogen-bond donors (Lipinski definition) is 0. The molecule has 0 bridgehead atoms. The Bertz CT molecular complexity index is 419. The fourth-order valence-corrected chi connectivity index (χ4v) is 1.74. The van der Waals surface area contributed by atoms with Gasteiger partial charge >= 0.3 is 0 Å². The van der Waals surface area contributed by atoms with Crippen LogP contribution in [-0.2, 0) is 0 Å². The highest BCUT2D eigenvalue weighted by molar-refractivity contribution is 6.31. The molecule has 0 aliphatic heterocycles. The second kappa shape index (κ2) is 5.02. The predicted molar refractivity (Wildman–Crippen MR) is 65.0 cm³/mol. The summed E-state index contributed by atoms with van der Waals surface area (Å²) >= 11 is 5.92. The van der Waals surface area contributed by atoms with Gasteiger partial charge in [-0.05, 0) is 35.4 Å². The summed E-state index contributed by atoms with van der Waals surface area (Å²) in [6, 6.07) is 12.2. The van der Waals surface area contributed by atoms with Crippen LogP contribution in [-0.4, -0.2) is 0 Å². The molecule has 0 spiro atoms. The summed E-state index contributed by atoms with van der Waals surface area (Å²) in [5.41, 5.74) is 1.23. The first kappa shape index (κ1) is 11.1. The smallest absolute Gasteiger partial charge is 0.0415 e. The summed E-state index contributed by atoms with van der Waals surface area (Å²) in [7, 11) is 0. The van der Waals surface area contributed by atoms with E-state index in [1.54, 1.807) is 0 Å². The van der Waals surface area contributed by atoms with E-state index in [1.807, 2.05) is 38.1 Å². The minimum Gasteiger partial charge on any atom is -0.0843 e. The molecule has 0 heterocycles. The lowest BCUT2D eigenvalue weighted by atomic mass is 10.1. The Labute approximate surface area is 90.5 Å². The zero-order valence-electron chi connectivity index (χ0n) is 8.84. The maximum Gasteiger partial charge on any atom is 0.0415 e. The largest absolute Gasteiger partial charge is 0.0843 e. The van der Waals surface area contributed by atoms with Crippen molar-refractivity contribution in [3.8, 4) is 0 Å². The van der Waals surface area contributed by atoms with Crippen molar-refractivity contribution in [3.63, 3.8) is 0 Å². The van der Waals surface area contributed by atoms with Gasteiger partial charge in [-0.3, -0.25) is 0 Å². The van der Waals surface area contributed by atoms with Gasteiger partial charge in [0, 0.05) is 5.02 Å². The van der Waals surface area contributed by atoms with Gasteiger partial charge in [-0.15, -0.1) is 0 Å². The monoisotopic (exact) mass is 206 g/mol. The topological polar surface area (TPSA) is 0 Å². The van der Waals surface area contributed by atoms with Crippen molar-refractivity contribution in [2.75, 3.05) is 0 Å². The van der Waals surface area contributed by atoms with Gasteiger partial charge < -0.3 is 0 Å². The van der Waals surface area contributed by atoms with Crippen LogP contribution >= 0.6 is 11.6 Å². The summed E-state index contributed by atoms with van der Waals surface area (Å²) < 4.78 is 0. The molecule has 14 heavy (non-hydrogen) atoms. The molecule has 2 rings (SSSR count). The van der Waals surface area contributed by atoms with Crippen LogP contribution in [0.4, 0.5) is 0 Å². The molecule has 1 heteroatoms. The average molecular weight is 207 g/mol. The van der Waals surface area contributed by atoms with Gasteiger partial charge in [0.25, 0.3) is 0 Å². The van der Waals surface area contributed by atoms with E-state index in [9.17, 15) is 0 Å². The Hall–Kier alpha value is -1.01. The Morgan fingerprint density at radius 1 is 1.00 bits per heavy atom. The first-order valence-electron chi connectivity index (χ1n) is 4.92. The number of fused-ring (bicyclic) bond motifs is 1. The standard InChI is InChI=1S/C11H9Cl.C2H6/c1-8-6-10(12)7-9-4-2-3-5-11(8)9;1-2/h2-7H,1H3;1-2H3. The van der Waals surface area contributed by atoms with Crippen LogP contribution in [0.2, 0.25) is 5.02 Å². The molecule has 0 atom stereocenters. The average Bonchev–Trinajstić information content (AvgIpc) is 2.20. The third-order valence-corrected chi connectivity index (χ3v) is 2.25. The van der Waals surface area contributed by atoms with Crippen molar-refractivity contribution in [1.29, 1.82) is 0 Å². The van der Waals surface area contributed by atoms with Crippen LogP contribution in [0.15, 0.2) is 36.4 Å². The number of rotatable bonds is 0. The highest BCUT2D eigenvalue weighted by Gasteiger charge is 1.97. The second-order valence-electron chi connectivity index (χ2n) is 2.94. The number of aryl methyl sites for hydroxylation is 1. The Morgan fingerprint density at radius 2 is 1.64 bits per heavy atom. The van der Waals surface area contributed by atoms with E-state index in [1.165, 1.54) is 16.3 Å². The first-order chi connectivity index (χ1) is 6.77. The molecule has 0 radical (unpaired) electrons. The molecule has 0 N–H and O–H groups in total. The van der Waals surface area contributed by atoms with Gasteiger partial charge in [0.1, 0.15) is 0 Å². The SMILES string of the molecule is CC.Cc1cc(Cl)cc2ccccc12. The molecular weight excluding hydrogens is 192 g/mol. The minimum atomic E-state index is 0.811. The van der Waals surface area contributed by atoms with Gasteiger partial charge in [0.05, 0.1) is 0 Å². The highest BCUT2D eigenvalue weighted by Crippen LogP contribution is 2.22. The molecule has 2 aromatic rings. The van der Waals surface area contributed by atoms with E-state index >= 15 is 0 Å². The van der Waals surface area contributed by atoms with Crippen molar-refractivity contribution in [2.24, 2.45) is 0 Å². The van der Waals surface area contributed by atoms with Crippen molar-refractivity contribution >= 4 is 22.4 Å². The summed E-state index contributed by atoms with van der Waals surface area (Å²) in [4.78, 5) is 0. The molecule has 0 aliphatic rings. The highest BCUT2D eigenvalue weighted by atomic mass is 35.5. The summed E-state index contributed by atoms with van der Waals surface area (Å²) in [6.07, 6.45) is 0. The lowest BCUT2D eigenvalue weighted by molar-refractivity contribution is 1.50. The van der Waals surface area contributed by atoms with Gasteiger partial charge in [0.15, 0.2) is 0 Å². The van der Waals surface area contributed by atoms with Crippen LogP contribution in [0.5, 0.6) is 0 Å². The zero-order valence-corrected chi connectivity index (χ0v) is 9.60. The summed E-state index contributed by atoms with van der Waals surface area (Å²) in [6.45, 7) is 6.08. The number of benzene rings is 2. The Balaban J connectivity index is 0.000000461. The van der Waals surface area contributed by atoms with Gasteiger partial charge in [-0.1, -0.05) is 49.7 Å². The molecular formula is C13H15Cl. The molecule has 2 aromatic carbocycles. The molecule has 0 aliphatic carbocycles. The van der Waals surface area contributed by atoms with Crippen molar-refractivity contribution in [3.05, 3.63) is 47.0 Å². The molecule has 0 saturated carbocycles. The molecule has 0 unspecified atom stereocenters. The fourth-order valence-electron chi connectivity index (χ4n) is 1.46. The normalized spacial score (nSPS) is 9.43. The van der Waals surface area contributed by atoms with Crippen molar-refractivity contribution in [1.82, 2.24) is 0 Å². The van der Waals surface area contributed by atoms with Crippen molar-refractivity contribution < 1.29 is 0 Å². The summed E-state index contributed by atoms with van der Waals surface area (Å²) in [5, 5.41) is 3.30. The molecule has 74 valence electrons. The molecule has 0 aromatic heterocycles. The van der Waals surface area contributed by atoms with E-state index in [-0.39, 0.29) is 0 Å². The van der Waals surface area contributed by atoms with Crippen LogP contribution in [0.25, 0.3) is 10.8 Å². The van der Waals surface area contributed by atoms with E-state index < -0.39 is 0 Å². The molecule has 0 nitrogen and oxygen atoms in total. The molecule has 0 saturated heterocycles. The van der Waals surface area contributed by atoms with Crippen LogP contribution in [0.1, 0.15) is 19.4 Å². The fraction of sp³-hybridized carbons (Fsp3) is 0.231. The maximum atomic E-state index is 5.92. The van der Waals surface area contributed by atoms with Crippen LogP contribution < -0.4 is 0 Å². The van der Waals surface area contributed by atoms with E-state index in [0.717, 1.165) is 5.02 Å². The van der Waals surface area contributed by atoms with E-state index in [2.05, 4.69) is 19.1 Å². The quantitative estimate of drug-likeness (QED) is 0.579. The zero-order chi connectivity index (χ0) is 10.6. The number of halogens is 1. The lowest BCUT2D eigenvalue weighted by Gasteiger charge is -2.01. The maximum absolute atomic E-state index is 5.92. The van der Waals surface area contributed by atoms with Crippen molar-refractivity contribution in [2.45, 2.75) is 20.8 Å².